The van der Waals surface area contributed by atoms with Crippen LogP contribution < -0.4 is 5.73 Å². The monoisotopic (exact) mass is 199 g/mol. The van der Waals surface area contributed by atoms with Gasteiger partial charge in [-0.25, -0.2) is 0 Å². The molecule has 0 spiro atoms. The highest BCUT2D eigenvalue weighted by molar-refractivity contribution is 4.77. The molecule has 1 aromatic heterocycles. The molecule has 0 aromatic carbocycles. The second kappa shape index (κ2) is 4.47. The molecule has 0 aliphatic carbocycles. The number of rotatable bonds is 5. The lowest BCUT2D eigenvalue weighted by molar-refractivity contribution is 0.0734. The van der Waals surface area contributed by atoms with Crippen molar-refractivity contribution in [1.82, 2.24) is 20.2 Å². The third-order valence-corrected chi connectivity index (χ3v) is 2.02. The quantitative estimate of drug-likeness (QED) is 0.713. The van der Waals surface area contributed by atoms with Gasteiger partial charge in [-0.1, -0.05) is 6.92 Å². The van der Waals surface area contributed by atoms with Gasteiger partial charge in [0.25, 0.3) is 0 Å². The van der Waals surface area contributed by atoms with E-state index < -0.39 is 0 Å². The summed E-state index contributed by atoms with van der Waals surface area (Å²) in [6, 6.07) is 0. The standard InChI is InChI=1S/C8H17N5O/c1-4-8(2,9)6-14-5-7-10-12-13(3)11-7/h4-6,9H2,1-3H3. The maximum absolute atomic E-state index is 5.90. The van der Waals surface area contributed by atoms with Crippen LogP contribution in [0.4, 0.5) is 0 Å². The summed E-state index contributed by atoms with van der Waals surface area (Å²) in [6.45, 7) is 4.85. The fraction of sp³-hybridized carbons (Fsp3) is 0.875. The zero-order valence-electron chi connectivity index (χ0n) is 8.90. The molecule has 14 heavy (non-hydrogen) atoms. The molecule has 0 amide bonds. The Hall–Kier alpha value is -1.01. The van der Waals surface area contributed by atoms with Crippen LogP contribution in [0, 0.1) is 0 Å². The summed E-state index contributed by atoms with van der Waals surface area (Å²) >= 11 is 0. The van der Waals surface area contributed by atoms with Crippen LogP contribution in [0.25, 0.3) is 0 Å². The Labute approximate surface area is 83.4 Å². The van der Waals surface area contributed by atoms with Gasteiger partial charge in [0.05, 0.1) is 13.7 Å². The summed E-state index contributed by atoms with van der Waals surface area (Å²) < 4.78 is 5.39. The van der Waals surface area contributed by atoms with Crippen LogP contribution in [0.15, 0.2) is 0 Å². The first-order valence-electron chi connectivity index (χ1n) is 4.63. The average molecular weight is 199 g/mol. The van der Waals surface area contributed by atoms with Crippen molar-refractivity contribution in [3.8, 4) is 0 Å². The molecule has 0 aliphatic rings. The Morgan fingerprint density at radius 3 is 2.79 bits per heavy atom. The van der Waals surface area contributed by atoms with Gasteiger partial charge in [0, 0.05) is 5.54 Å². The minimum atomic E-state index is -0.276. The van der Waals surface area contributed by atoms with Crippen LogP contribution in [0.3, 0.4) is 0 Å². The van der Waals surface area contributed by atoms with Gasteiger partial charge in [0.15, 0.2) is 5.82 Å². The van der Waals surface area contributed by atoms with Gasteiger partial charge in [-0.3, -0.25) is 0 Å². The van der Waals surface area contributed by atoms with Crippen LogP contribution >= 0.6 is 0 Å². The number of hydrogen-bond donors (Lipinski definition) is 1. The van der Waals surface area contributed by atoms with Gasteiger partial charge in [-0.05, 0) is 18.6 Å². The smallest absolute Gasteiger partial charge is 0.200 e. The fourth-order valence-corrected chi connectivity index (χ4v) is 0.859. The highest BCUT2D eigenvalue weighted by Crippen LogP contribution is 2.05. The Bertz CT molecular complexity index is 283. The Balaban J connectivity index is 2.28. The van der Waals surface area contributed by atoms with Crippen molar-refractivity contribution < 1.29 is 4.74 Å². The van der Waals surface area contributed by atoms with Crippen molar-refractivity contribution in [1.29, 1.82) is 0 Å². The normalized spacial score (nSPS) is 15.4. The minimum Gasteiger partial charge on any atom is -0.371 e. The van der Waals surface area contributed by atoms with E-state index in [1.54, 1.807) is 7.05 Å². The molecule has 0 saturated carbocycles. The summed E-state index contributed by atoms with van der Waals surface area (Å²) in [4.78, 5) is 1.40. The lowest BCUT2D eigenvalue weighted by atomic mass is 10.0. The lowest BCUT2D eigenvalue weighted by Crippen LogP contribution is -2.40. The molecule has 6 heteroatoms. The first-order chi connectivity index (χ1) is 6.53. The van der Waals surface area contributed by atoms with Crippen molar-refractivity contribution >= 4 is 0 Å². The minimum absolute atomic E-state index is 0.276. The topological polar surface area (TPSA) is 78.9 Å². The first kappa shape index (κ1) is 11.1. The number of hydrogen-bond acceptors (Lipinski definition) is 5. The average Bonchev–Trinajstić information content (AvgIpc) is 2.51. The molecule has 1 unspecified atom stereocenters. The van der Waals surface area contributed by atoms with E-state index in [1.807, 2.05) is 13.8 Å². The molecule has 80 valence electrons. The van der Waals surface area contributed by atoms with Crippen molar-refractivity contribution in [2.24, 2.45) is 12.8 Å². The van der Waals surface area contributed by atoms with Crippen molar-refractivity contribution in [3.63, 3.8) is 0 Å². The number of tetrazole rings is 1. The Morgan fingerprint density at radius 1 is 1.57 bits per heavy atom. The zero-order chi connectivity index (χ0) is 10.6. The molecule has 2 N–H and O–H groups in total. The van der Waals surface area contributed by atoms with E-state index in [2.05, 4.69) is 15.4 Å². The van der Waals surface area contributed by atoms with Crippen LogP contribution in [-0.2, 0) is 18.4 Å². The molecular formula is C8H17N5O. The molecule has 0 saturated heterocycles. The van der Waals surface area contributed by atoms with Crippen LogP contribution in [0.2, 0.25) is 0 Å². The molecule has 0 bridgehead atoms. The number of ether oxygens (including phenoxy) is 1. The number of nitrogens with zero attached hydrogens (tertiary/aromatic N) is 4. The zero-order valence-corrected chi connectivity index (χ0v) is 8.90. The molecule has 1 heterocycles. The number of aryl methyl sites for hydroxylation is 1. The first-order valence-corrected chi connectivity index (χ1v) is 4.63. The molecule has 6 nitrogen and oxygen atoms in total. The van der Waals surface area contributed by atoms with Gasteiger partial charge < -0.3 is 10.5 Å². The lowest BCUT2D eigenvalue weighted by Gasteiger charge is -2.21. The maximum atomic E-state index is 5.90. The van der Waals surface area contributed by atoms with Crippen molar-refractivity contribution in [3.05, 3.63) is 5.82 Å². The Kier molecular flexibility index (Phi) is 3.54. The van der Waals surface area contributed by atoms with E-state index in [4.69, 9.17) is 10.5 Å². The highest BCUT2D eigenvalue weighted by atomic mass is 16.5. The summed E-state index contributed by atoms with van der Waals surface area (Å²) in [5, 5.41) is 11.5. The second-order valence-corrected chi connectivity index (χ2v) is 3.70. The van der Waals surface area contributed by atoms with E-state index in [-0.39, 0.29) is 5.54 Å². The van der Waals surface area contributed by atoms with Gasteiger partial charge in [-0.2, -0.15) is 4.80 Å². The molecule has 0 radical (unpaired) electrons. The molecule has 0 aliphatic heterocycles. The molecule has 0 fully saturated rings. The highest BCUT2D eigenvalue weighted by Gasteiger charge is 2.15. The van der Waals surface area contributed by atoms with Crippen molar-refractivity contribution in [2.75, 3.05) is 6.61 Å². The van der Waals surface area contributed by atoms with E-state index in [9.17, 15) is 0 Å². The van der Waals surface area contributed by atoms with Gasteiger partial charge in [0.1, 0.15) is 6.61 Å². The third kappa shape index (κ3) is 3.39. The van der Waals surface area contributed by atoms with E-state index >= 15 is 0 Å². The molecule has 1 aromatic rings. The predicted octanol–water partition coefficient (Wildman–Crippen LogP) is -0.146. The maximum Gasteiger partial charge on any atom is 0.200 e. The summed E-state index contributed by atoms with van der Waals surface area (Å²) in [5.74, 6) is 0.583. The third-order valence-electron chi connectivity index (χ3n) is 2.02. The Morgan fingerprint density at radius 2 is 2.29 bits per heavy atom. The van der Waals surface area contributed by atoms with E-state index in [0.717, 1.165) is 6.42 Å². The fourth-order valence-electron chi connectivity index (χ4n) is 0.859. The van der Waals surface area contributed by atoms with E-state index in [0.29, 0.717) is 19.0 Å². The molecule has 1 atom stereocenters. The second-order valence-electron chi connectivity index (χ2n) is 3.70. The molecule has 1 rings (SSSR count). The predicted molar refractivity (Wildman–Crippen MR) is 51.3 cm³/mol. The van der Waals surface area contributed by atoms with E-state index in [1.165, 1.54) is 4.80 Å². The van der Waals surface area contributed by atoms with Crippen LogP contribution in [0.5, 0.6) is 0 Å². The number of nitrogens with two attached hydrogens (primary N) is 1. The molecular weight excluding hydrogens is 182 g/mol. The van der Waals surface area contributed by atoms with Gasteiger partial charge in [0.2, 0.25) is 0 Å². The van der Waals surface area contributed by atoms with Crippen LogP contribution in [-0.4, -0.2) is 32.4 Å². The van der Waals surface area contributed by atoms with Crippen LogP contribution in [0.1, 0.15) is 26.1 Å². The summed E-state index contributed by atoms with van der Waals surface area (Å²) in [6.07, 6.45) is 0.876. The summed E-state index contributed by atoms with van der Waals surface area (Å²) in [5.41, 5.74) is 5.62. The van der Waals surface area contributed by atoms with Crippen molar-refractivity contribution in [2.45, 2.75) is 32.4 Å². The SMILES string of the molecule is CCC(C)(N)COCc1nnn(C)n1. The number of aromatic nitrogens is 4. The van der Waals surface area contributed by atoms with Gasteiger partial charge >= 0.3 is 0 Å². The largest absolute Gasteiger partial charge is 0.371 e. The van der Waals surface area contributed by atoms with Gasteiger partial charge in [-0.15, -0.1) is 10.2 Å². The summed E-state index contributed by atoms with van der Waals surface area (Å²) in [7, 11) is 1.72.